The second-order valence-electron chi connectivity index (χ2n) is 9.30. The summed E-state index contributed by atoms with van der Waals surface area (Å²) in [7, 11) is 0. The van der Waals surface area contributed by atoms with Gasteiger partial charge in [-0.3, -0.25) is 14.6 Å². The number of carbonyl (C=O) groups excluding carboxylic acids is 1. The van der Waals surface area contributed by atoms with Gasteiger partial charge in [-0.25, -0.2) is 0 Å². The smallest absolute Gasteiger partial charge is 0.253 e. The zero-order valence-corrected chi connectivity index (χ0v) is 18.3. The summed E-state index contributed by atoms with van der Waals surface area (Å²) in [6.45, 7) is 20.3. The van der Waals surface area contributed by atoms with Crippen LogP contribution in [0.2, 0.25) is 0 Å². The summed E-state index contributed by atoms with van der Waals surface area (Å²) in [5.41, 5.74) is 2.46. The molecule has 4 heteroatoms. The van der Waals surface area contributed by atoms with Crippen LogP contribution in [0.15, 0.2) is 24.3 Å². The molecule has 1 amide bonds. The lowest BCUT2D eigenvalue weighted by Crippen LogP contribution is -2.49. The van der Waals surface area contributed by atoms with Crippen molar-refractivity contribution in [3.8, 4) is 0 Å². The highest BCUT2D eigenvalue weighted by Gasteiger charge is 2.23. The number of rotatable bonds is 7. The normalized spacial score (nSPS) is 16.4. The molecular weight excluding hydrogens is 334 g/mol. The quantitative estimate of drug-likeness (QED) is 0.720. The Hall–Kier alpha value is -1.39. The zero-order chi connectivity index (χ0) is 20.0. The van der Waals surface area contributed by atoms with Crippen LogP contribution < -0.4 is 0 Å². The molecule has 2 rings (SSSR count). The van der Waals surface area contributed by atoms with Crippen molar-refractivity contribution in [3.63, 3.8) is 0 Å². The number of hydrogen-bond donors (Lipinski definition) is 0. The number of hydrogen-bond acceptors (Lipinski definition) is 3. The Balaban J connectivity index is 1.86. The highest BCUT2D eigenvalue weighted by atomic mass is 16.2. The molecule has 0 bridgehead atoms. The molecule has 1 fully saturated rings. The Morgan fingerprint density at radius 2 is 1.67 bits per heavy atom. The van der Waals surface area contributed by atoms with Crippen molar-refractivity contribution in [3.05, 3.63) is 35.4 Å². The van der Waals surface area contributed by atoms with Gasteiger partial charge in [0.05, 0.1) is 0 Å². The molecule has 1 saturated heterocycles. The maximum atomic E-state index is 12.8. The van der Waals surface area contributed by atoms with Crippen LogP contribution in [0, 0.1) is 5.41 Å². The fourth-order valence-corrected chi connectivity index (χ4v) is 3.50. The van der Waals surface area contributed by atoms with Crippen molar-refractivity contribution >= 4 is 5.91 Å². The van der Waals surface area contributed by atoms with Crippen LogP contribution in [-0.2, 0) is 6.54 Å². The third-order valence-electron chi connectivity index (χ3n) is 5.56. The fraction of sp³-hybridized carbons (Fsp3) is 0.696. The molecule has 1 aliphatic rings. The summed E-state index contributed by atoms with van der Waals surface area (Å²) in [6.07, 6.45) is 1.20. The molecule has 1 heterocycles. The molecule has 4 nitrogen and oxygen atoms in total. The van der Waals surface area contributed by atoms with E-state index in [1.54, 1.807) is 0 Å². The van der Waals surface area contributed by atoms with E-state index >= 15 is 0 Å². The Bertz CT molecular complexity index is 581. The predicted molar refractivity (Wildman–Crippen MR) is 114 cm³/mol. The molecular formula is C23H39N3O. The average Bonchev–Trinajstić information content (AvgIpc) is 2.64. The molecule has 1 aromatic carbocycles. The molecule has 27 heavy (non-hydrogen) atoms. The van der Waals surface area contributed by atoms with Gasteiger partial charge in [0.1, 0.15) is 0 Å². The molecule has 0 saturated carbocycles. The van der Waals surface area contributed by atoms with Crippen LogP contribution in [0.4, 0.5) is 0 Å². The Morgan fingerprint density at radius 1 is 1.07 bits per heavy atom. The minimum atomic E-state index is 0.174. The summed E-state index contributed by atoms with van der Waals surface area (Å²) in [4.78, 5) is 19.7. The third-order valence-corrected chi connectivity index (χ3v) is 5.56. The minimum Gasteiger partial charge on any atom is -0.336 e. The van der Waals surface area contributed by atoms with Crippen LogP contribution in [0.5, 0.6) is 0 Å². The van der Waals surface area contributed by atoms with E-state index in [1.807, 2.05) is 17.0 Å². The van der Waals surface area contributed by atoms with Crippen LogP contribution in [0.3, 0.4) is 0 Å². The number of amides is 1. The van der Waals surface area contributed by atoms with Gasteiger partial charge in [0, 0.05) is 44.3 Å². The molecule has 1 aliphatic heterocycles. The van der Waals surface area contributed by atoms with Crippen molar-refractivity contribution in [1.29, 1.82) is 0 Å². The largest absolute Gasteiger partial charge is 0.336 e. The summed E-state index contributed by atoms with van der Waals surface area (Å²) in [5, 5.41) is 0. The van der Waals surface area contributed by atoms with E-state index in [0.717, 1.165) is 51.4 Å². The third kappa shape index (κ3) is 6.93. The first-order valence-electron chi connectivity index (χ1n) is 10.5. The molecule has 0 radical (unpaired) electrons. The van der Waals surface area contributed by atoms with Crippen LogP contribution >= 0.6 is 0 Å². The van der Waals surface area contributed by atoms with E-state index in [9.17, 15) is 4.79 Å². The maximum Gasteiger partial charge on any atom is 0.253 e. The van der Waals surface area contributed by atoms with Crippen molar-refractivity contribution in [2.45, 2.75) is 60.5 Å². The number of carbonyl (C=O) groups is 1. The van der Waals surface area contributed by atoms with Crippen molar-refractivity contribution < 1.29 is 4.79 Å². The first-order valence-corrected chi connectivity index (χ1v) is 10.5. The maximum absolute atomic E-state index is 12.8. The van der Waals surface area contributed by atoms with E-state index in [2.05, 4.69) is 63.5 Å². The molecule has 0 aliphatic carbocycles. The lowest BCUT2D eigenvalue weighted by molar-refractivity contribution is 0.0623. The second-order valence-corrected chi connectivity index (χ2v) is 9.30. The van der Waals surface area contributed by atoms with E-state index in [4.69, 9.17) is 0 Å². The molecule has 0 spiro atoms. The Labute approximate surface area is 166 Å². The summed E-state index contributed by atoms with van der Waals surface area (Å²) in [5.74, 6) is 0.174. The van der Waals surface area contributed by atoms with Crippen LogP contribution in [0.25, 0.3) is 0 Å². The van der Waals surface area contributed by atoms with E-state index in [-0.39, 0.29) is 5.91 Å². The van der Waals surface area contributed by atoms with Gasteiger partial charge in [0.25, 0.3) is 5.91 Å². The molecule has 0 aromatic heterocycles. The zero-order valence-electron chi connectivity index (χ0n) is 18.3. The van der Waals surface area contributed by atoms with Crippen molar-refractivity contribution in [1.82, 2.24) is 14.7 Å². The van der Waals surface area contributed by atoms with Crippen LogP contribution in [0.1, 0.15) is 63.9 Å². The molecule has 1 aromatic rings. The van der Waals surface area contributed by atoms with Gasteiger partial charge in [-0.15, -0.1) is 0 Å². The molecule has 0 N–H and O–H groups in total. The van der Waals surface area contributed by atoms with Gasteiger partial charge in [-0.05, 0) is 56.5 Å². The minimum absolute atomic E-state index is 0.174. The Morgan fingerprint density at radius 3 is 2.15 bits per heavy atom. The molecule has 152 valence electrons. The molecule has 0 unspecified atom stereocenters. The first-order chi connectivity index (χ1) is 12.7. The predicted octanol–water partition coefficient (Wildman–Crippen LogP) is 4.11. The monoisotopic (exact) mass is 373 g/mol. The van der Waals surface area contributed by atoms with Gasteiger partial charge >= 0.3 is 0 Å². The van der Waals surface area contributed by atoms with Crippen molar-refractivity contribution in [2.24, 2.45) is 5.41 Å². The SMILES string of the molecule is CCN(Cc1ccc(C(=O)N2CCN(CCC(C)(C)C)CC2)cc1)C(C)C. The van der Waals surface area contributed by atoms with Crippen LogP contribution in [-0.4, -0.2) is 65.9 Å². The van der Waals surface area contributed by atoms with Crippen molar-refractivity contribution in [2.75, 3.05) is 39.3 Å². The van der Waals surface area contributed by atoms with Gasteiger partial charge in [0.2, 0.25) is 0 Å². The van der Waals surface area contributed by atoms with Gasteiger partial charge in [0.15, 0.2) is 0 Å². The number of piperazine rings is 1. The highest BCUT2D eigenvalue weighted by molar-refractivity contribution is 5.94. The first kappa shape index (κ1) is 21.9. The number of benzene rings is 1. The number of nitrogens with zero attached hydrogens (tertiary/aromatic N) is 3. The summed E-state index contributed by atoms with van der Waals surface area (Å²) >= 11 is 0. The fourth-order valence-electron chi connectivity index (χ4n) is 3.50. The van der Waals surface area contributed by atoms with Gasteiger partial charge in [-0.1, -0.05) is 39.8 Å². The Kier molecular flexibility index (Phi) is 7.87. The summed E-state index contributed by atoms with van der Waals surface area (Å²) in [6, 6.07) is 8.75. The average molecular weight is 374 g/mol. The van der Waals surface area contributed by atoms with E-state index in [0.29, 0.717) is 11.5 Å². The summed E-state index contributed by atoms with van der Waals surface area (Å²) < 4.78 is 0. The second kappa shape index (κ2) is 9.70. The van der Waals surface area contributed by atoms with Gasteiger partial charge in [-0.2, -0.15) is 0 Å². The van der Waals surface area contributed by atoms with E-state index in [1.165, 1.54) is 12.0 Å². The van der Waals surface area contributed by atoms with E-state index < -0.39 is 0 Å². The topological polar surface area (TPSA) is 26.8 Å². The standard InChI is InChI=1S/C23H39N3O/c1-7-25(19(2)3)18-20-8-10-21(11-9-20)22(27)26-16-14-24(15-17-26)13-12-23(4,5)6/h8-11,19H,7,12-18H2,1-6H3. The molecule has 0 atom stereocenters. The van der Waals surface area contributed by atoms with Gasteiger partial charge < -0.3 is 4.90 Å². The highest BCUT2D eigenvalue weighted by Crippen LogP contribution is 2.19. The lowest BCUT2D eigenvalue weighted by atomic mass is 9.92. The lowest BCUT2D eigenvalue weighted by Gasteiger charge is -2.36.